The molecule has 0 aromatic carbocycles. The molecule has 0 radical (unpaired) electrons. The minimum atomic E-state index is 0.824. The van der Waals surface area contributed by atoms with Gasteiger partial charge in [-0.2, -0.15) is 0 Å². The Bertz CT molecular complexity index is 192. The number of allylic oxidation sites excluding steroid dienone is 1. The summed E-state index contributed by atoms with van der Waals surface area (Å²) in [5, 5.41) is 0. The van der Waals surface area contributed by atoms with Crippen LogP contribution in [0.4, 0.5) is 0 Å². The maximum atomic E-state index is 5.05. The van der Waals surface area contributed by atoms with Crippen LogP contribution in [-0.2, 0) is 0 Å². The molecule has 0 atom stereocenters. The van der Waals surface area contributed by atoms with Crippen molar-refractivity contribution in [1.29, 1.82) is 0 Å². The molecule has 0 aromatic heterocycles. The van der Waals surface area contributed by atoms with Crippen molar-refractivity contribution < 1.29 is 0 Å². The van der Waals surface area contributed by atoms with Crippen LogP contribution in [0.25, 0.3) is 0 Å². The van der Waals surface area contributed by atoms with E-state index in [1.807, 2.05) is 6.92 Å². The molecule has 0 aromatic rings. The van der Waals surface area contributed by atoms with Gasteiger partial charge in [0.1, 0.15) is 0 Å². The van der Waals surface area contributed by atoms with Crippen molar-refractivity contribution in [2.45, 2.75) is 26.2 Å². The molecule has 0 N–H and O–H groups in total. The van der Waals surface area contributed by atoms with Crippen LogP contribution < -0.4 is 0 Å². The van der Waals surface area contributed by atoms with Gasteiger partial charge in [0.25, 0.3) is 0 Å². The van der Waals surface area contributed by atoms with Gasteiger partial charge in [-0.3, -0.25) is 0 Å². The van der Waals surface area contributed by atoms with Crippen LogP contribution in [-0.4, -0.2) is 0 Å². The summed E-state index contributed by atoms with van der Waals surface area (Å²) in [5.41, 5.74) is 0.917. The number of hydrogen-bond donors (Lipinski definition) is 0. The van der Waals surface area contributed by atoms with E-state index >= 15 is 0 Å². The lowest BCUT2D eigenvalue weighted by molar-refractivity contribution is 0.904. The molecule has 10 heavy (non-hydrogen) atoms. The summed E-state index contributed by atoms with van der Waals surface area (Å²) in [7, 11) is 0. The van der Waals surface area contributed by atoms with Gasteiger partial charge in [-0.25, -0.2) is 0 Å². The molecule has 0 heterocycles. The molecule has 0 nitrogen and oxygen atoms in total. The second kappa shape index (κ2) is 5.99. The highest BCUT2D eigenvalue weighted by molar-refractivity contribution is 5.22. The molecule has 0 saturated carbocycles. The lowest BCUT2D eigenvalue weighted by Crippen LogP contribution is -1.69. The van der Waals surface area contributed by atoms with E-state index in [4.69, 9.17) is 6.42 Å². The van der Waals surface area contributed by atoms with Crippen molar-refractivity contribution in [3.8, 4) is 24.2 Å². The Kier molecular flexibility index (Phi) is 5.30. The van der Waals surface area contributed by atoms with E-state index < -0.39 is 0 Å². The van der Waals surface area contributed by atoms with Gasteiger partial charge in [0.2, 0.25) is 0 Å². The SMILES string of the molecule is C#CCCCC#CC(=C)C. The van der Waals surface area contributed by atoms with E-state index in [2.05, 4.69) is 24.3 Å². The fraction of sp³-hybridized carbons (Fsp3) is 0.400. The third-order valence-corrected chi connectivity index (χ3v) is 0.925. The quantitative estimate of drug-likeness (QED) is 0.399. The summed E-state index contributed by atoms with van der Waals surface area (Å²) < 4.78 is 0. The molecule has 0 spiro atoms. The fourth-order valence-corrected chi connectivity index (χ4v) is 0.492. The van der Waals surface area contributed by atoms with Gasteiger partial charge in [0.05, 0.1) is 0 Å². The van der Waals surface area contributed by atoms with Crippen molar-refractivity contribution >= 4 is 0 Å². The summed E-state index contributed by atoms with van der Waals surface area (Å²) in [6.07, 6.45) is 7.76. The zero-order valence-electron chi connectivity index (χ0n) is 6.41. The Hall–Kier alpha value is -1.14. The molecular weight excluding hydrogens is 120 g/mol. The molecule has 0 heteroatoms. The van der Waals surface area contributed by atoms with Crippen molar-refractivity contribution in [1.82, 2.24) is 0 Å². The molecule has 0 rings (SSSR count). The first kappa shape index (κ1) is 8.86. The van der Waals surface area contributed by atoms with Crippen LogP contribution in [0.3, 0.4) is 0 Å². The summed E-state index contributed by atoms with van der Waals surface area (Å²) in [4.78, 5) is 0. The van der Waals surface area contributed by atoms with Gasteiger partial charge < -0.3 is 0 Å². The summed E-state index contributed by atoms with van der Waals surface area (Å²) in [6.45, 7) is 5.56. The summed E-state index contributed by atoms with van der Waals surface area (Å²) >= 11 is 0. The highest BCUT2D eigenvalue weighted by Gasteiger charge is 1.77. The van der Waals surface area contributed by atoms with Crippen molar-refractivity contribution in [3.05, 3.63) is 12.2 Å². The van der Waals surface area contributed by atoms with E-state index in [0.717, 1.165) is 24.8 Å². The van der Waals surface area contributed by atoms with Gasteiger partial charge in [-0.15, -0.1) is 12.3 Å². The Morgan fingerprint density at radius 3 is 2.70 bits per heavy atom. The van der Waals surface area contributed by atoms with Crippen LogP contribution >= 0.6 is 0 Å². The second-order valence-electron chi connectivity index (χ2n) is 2.14. The largest absolute Gasteiger partial charge is 0.120 e. The molecule has 0 unspecified atom stereocenters. The van der Waals surface area contributed by atoms with Gasteiger partial charge in [0.15, 0.2) is 0 Å². The third kappa shape index (κ3) is 6.86. The van der Waals surface area contributed by atoms with Crippen LogP contribution in [0, 0.1) is 24.2 Å². The topological polar surface area (TPSA) is 0 Å². The fourth-order valence-electron chi connectivity index (χ4n) is 0.492. The van der Waals surface area contributed by atoms with Crippen molar-refractivity contribution in [2.24, 2.45) is 0 Å². The zero-order chi connectivity index (χ0) is 7.82. The Balaban J connectivity index is 3.31. The van der Waals surface area contributed by atoms with Crippen LogP contribution in [0.5, 0.6) is 0 Å². The molecular formula is C10H12. The highest BCUT2D eigenvalue weighted by atomic mass is 13.8. The second-order valence-corrected chi connectivity index (χ2v) is 2.14. The Labute approximate surface area is 63.3 Å². The van der Waals surface area contributed by atoms with E-state index in [1.165, 1.54) is 0 Å². The lowest BCUT2D eigenvalue weighted by Gasteiger charge is -1.83. The van der Waals surface area contributed by atoms with Gasteiger partial charge in [-0.1, -0.05) is 18.4 Å². The summed E-state index contributed by atoms with van der Waals surface area (Å²) in [6, 6.07) is 0. The predicted octanol–water partition coefficient (Wildman–Crippen LogP) is 2.37. The lowest BCUT2D eigenvalue weighted by atomic mass is 10.2. The van der Waals surface area contributed by atoms with E-state index in [1.54, 1.807) is 0 Å². The average Bonchev–Trinajstić information content (AvgIpc) is 1.87. The van der Waals surface area contributed by atoms with Gasteiger partial charge in [-0.05, 0) is 18.9 Å². The smallest absolute Gasteiger partial charge is 0.0101 e. The first-order valence-electron chi connectivity index (χ1n) is 3.35. The first-order chi connectivity index (χ1) is 4.77. The molecule has 0 bridgehead atoms. The molecule has 0 aliphatic heterocycles. The number of rotatable bonds is 2. The van der Waals surface area contributed by atoms with Crippen LogP contribution in [0.2, 0.25) is 0 Å². The van der Waals surface area contributed by atoms with Crippen LogP contribution in [0.15, 0.2) is 12.2 Å². The highest BCUT2D eigenvalue weighted by Crippen LogP contribution is 1.91. The molecule has 0 aliphatic rings. The van der Waals surface area contributed by atoms with E-state index in [9.17, 15) is 0 Å². The average molecular weight is 132 g/mol. The number of hydrogen-bond acceptors (Lipinski definition) is 0. The van der Waals surface area contributed by atoms with Gasteiger partial charge >= 0.3 is 0 Å². The third-order valence-electron chi connectivity index (χ3n) is 0.925. The maximum Gasteiger partial charge on any atom is 0.0101 e. The zero-order valence-corrected chi connectivity index (χ0v) is 6.41. The van der Waals surface area contributed by atoms with Crippen molar-refractivity contribution in [3.63, 3.8) is 0 Å². The first-order valence-corrected chi connectivity index (χ1v) is 3.35. The minimum absolute atomic E-state index is 0.824. The Morgan fingerprint density at radius 2 is 2.20 bits per heavy atom. The molecule has 0 saturated heterocycles. The maximum absolute atomic E-state index is 5.05. The molecule has 52 valence electrons. The van der Waals surface area contributed by atoms with Gasteiger partial charge in [0, 0.05) is 12.8 Å². The minimum Gasteiger partial charge on any atom is -0.120 e. The normalized spacial score (nSPS) is 7.20. The predicted molar refractivity (Wildman–Crippen MR) is 45.3 cm³/mol. The van der Waals surface area contributed by atoms with E-state index in [-0.39, 0.29) is 0 Å². The molecule has 0 amide bonds. The van der Waals surface area contributed by atoms with Crippen molar-refractivity contribution in [2.75, 3.05) is 0 Å². The van der Waals surface area contributed by atoms with E-state index in [0.29, 0.717) is 0 Å². The standard InChI is InChI=1S/C10H12/c1-4-5-6-7-8-9-10(2)3/h1H,2,5-7H2,3H3. The number of unbranched alkanes of at least 4 members (excludes halogenated alkanes) is 2. The Morgan fingerprint density at radius 1 is 1.50 bits per heavy atom. The monoisotopic (exact) mass is 132 g/mol. The van der Waals surface area contributed by atoms with Crippen LogP contribution in [0.1, 0.15) is 26.2 Å². The molecule has 0 aliphatic carbocycles. The number of terminal acetylenes is 1. The summed E-state index contributed by atoms with van der Waals surface area (Å²) in [5.74, 6) is 8.43. The molecule has 0 fully saturated rings.